The molecule has 0 heterocycles. The van der Waals surface area contributed by atoms with E-state index in [0.29, 0.717) is 5.69 Å². The molecule has 7 heteroatoms. The van der Waals surface area contributed by atoms with Crippen molar-refractivity contribution in [3.63, 3.8) is 0 Å². The largest absolute Gasteiger partial charge is 0.469 e. The average Bonchev–Trinajstić information content (AvgIpc) is 3.39. The van der Waals surface area contributed by atoms with E-state index >= 15 is 0 Å². The van der Waals surface area contributed by atoms with Crippen LogP contribution in [0.1, 0.15) is 12.0 Å². The number of hydrogen-bond acceptors (Lipinski definition) is 5. The van der Waals surface area contributed by atoms with Gasteiger partial charge >= 0.3 is 5.97 Å². The summed E-state index contributed by atoms with van der Waals surface area (Å²) < 4.78 is 4.76. The highest BCUT2D eigenvalue weighted by molar-refractivity contribution is 6.06. The number of anilines is 1. The maximum Gasteiger partial charge on any atom is 0.310 e. The molecule has 1 aliphatic carbocycles. The number of nitro groups is 1. The number of nitrogens with one attached hydrogen (secondary N) is 1. The number of amides is 1. The zero-order chi connectivity index (χ0) is 18.0. The number of esters is 1. The Morgan fingerprint density at radius 3 is 2.44 bits per heavy atom. The summed E-state index contributed by atoms with van der Waals surface area (Å²) in [5, 5.41) is 14.1. The minimum absolute atomic E-state index is 0.170. The molecule has 128 valence electrons. The Hall–Kier alpha value is -3.22. The number of nitro benzene ring substituents is 1. The van der Waals surface area contributed by atoms with Crippen LogP contribution in [-0.2, 0) is 19.7 Å². The van der Waals surface area contributed by atoms with Crippen molar-refractivity contribution in [3.05, 3.63) is 70.3 Å². The second kappa shape index (κ2) is 6.35. The number of carbonyl (C=O) groups is 2. The third kappa shape index (κ3) is 2.84. The number of carbonyl (C=O) groups excluding carboxylic acids is 2. The predicted octanol–water partition coefficient (Wildman–Crippen LogP) is 2.66. The van der Waals surface area contributed by atoms with Crippen LogP contribution in [0.2, 0.25) is 0 Å². The second-order valence-corrected chi connectivity index (χ2v) is 5.85. The van der Waals surface area contributed by atoms with Gasteiger partial charge in [0, 0.05) is 17.3 Å². The fourth-order valence-electron chi connectivity index (χ4n) is 3.13. The molecule has 1 N–H and O–H groups in total. The van der Waals surface area contributed by atoms with Gasteiger partial charge in [0.1, 0.15) is 0 Å². The lowest BCUT2D eigenvalue weighted by atomic mass is 9.90. The lowest BCUT2D eigenvalue weighted by molar-refractivity contribution is -0.385. The van der Waals surface area contributed by atoms with Crippen molar-refractivity contribution < 1.29 is 19.2 Å². The lowest BCUT2D eigenvalue weighted by Gasteiger charge is -2.17. The van der Waals surface area contributed by atoms with Crippen LogP contribution in [0, 0.1) is 16.0 Å². The van der Waals surface area contributed by atoms with Crippen molar-refractivity contribution in [2.24, 2.45) is 5.92 Å². The van der Waals surface area contributed by atoms with Gasteiger partial charge in [-0.1, -0.05) is 36.4 Å². The number of hydrogen-bond donors (Lipinski definition) is 1. The van der Waals surface area contributed by atoms with E-state index in [1.165, 1.54) is 25.3 Å². The summed E-state index contributed by atoms with van der Waals surface area (Å²) in [7, 11) is 1.24. The van der Waals surface area contributed by atoms with E-state index in [-0.39, 0.29) is 17.7 Å². The van der Waals surface area contributed by atoms with E-state index in [9.17, 15) is 19.7 Å². The maximum atomic E-state index is 13.0. The van der Waals surface area contributed by atoms with E-state index < -0.39 is 28.1 Å². The Balaban J connectivity index is 2.03. The Labute approximate surface area is 143 Å². The molecule has 3 rings (SSSR count). The molecule has 0 saturated heterocycles. The van der Waals surface area contributed by atoms with Gasteiger partial charge in [-0.05, 0) is 18.6 Å². The normalized spacial score (nSPS) is 21.2. The van der Waals surface area contributed by atoms with Crippen molar-refractivity contribution >= 4 is 23.3 Å². The Morgan fingerprint density at radius 1 is 1.16 bits per heavy atom. The summed E-state index contributed by atoms with van der Waals surface area (Å²) in [6.07, 6.45) is 0.170. The standard InChI is InChI=1S/C18H16N2O5/c1-25-16(21)14-11-18(14,13-9-5-6-10-15(13)20(23)24)17(22)19-12-7-3-2-4-8-12/h2-10,14H,11H2,1H3,(H,19,22)/t14-,18-/m0/s1. The highest BCUT2D eigenvalue weighted by Crippen LogP contribution is 2.57. The molecule has 0 aromatic heterocycles. The zero-order valence-electron chi connectivity index (χ0n) is 13.5. The summed E-state index contributed by atoms with van der Waals surface area (Å²) in [5.74, 6) is -1.76. The van der Waals surface area contributed by atoms with Crippen LogP contribution < -0.4 is 5.32 Å². The van der Waals surface area contributed by atoms with Gasteiger partial charge in [0.15, 0.2) is 0 Å². The first kappa shape index (κ1) is 16.6. The van der Waals surface area contributed by atoms with Gasteiger partial charge in [0.25, 0.3) is 5.69 Å². The average molecular weight is 340 g/mol. The topological polar surface area (TPSA) is 98.5 Å². The van der Waals surface area contributed by atoms with Gasteiger partial charge in [0.05, 0.1) is 23.4 Å². The zero-order valence-corrected chi connectivity index (χ0v) is 13.5. The van der Waals surface area contributed by atoms with Crippen LogP contribution in [0.3, 0.4) is 0 Å². The fraction of sp³-hybridized carbons (Fsp3) is 0.222. The summed E-state index contributed by atoms with van der Waals surface area (Å²) in [6.45, 7) is 0. The first-order chi connectivity index (χ1) is 12.0. The van der Waals surface area contributed by atoms with Crippen molar-refractivity contribution in [1.82, 2.24) is 0 Å². The van der Waals surface area contributed by atoms with Crippen LogP contribution in [0.15, 0.2) is 54.6 Å². The molecule has 25 heavy (non-hydrogen) atoms. The quantitative estimate of drug-likeness (QED) is 0.512. The minimum atomic E-state index is -1.30. The number of ether oxygens (including phenoxy) is 1. The molecule has 0 spiro atoms. The fourth-order valence-corrected chi connectivity index (χ4v) is 3.13. The lowest BCUT2D eigenvalue weighted by Crippen LogP contribution is -2.32. The Kier molecular flexibility index (Phi) is 4.22. The van der Waals surface area contributed by atoms with E-state index in [1.54, 1.807) is 30.3 Å². The van der Waals surface area contributed by atoms with Gasteiger partial charge in [0.2, 0.25) is 5.91 Å². The van der Waals surface area contributed by atoms with Crippen LogP contribution in [0.5, 0.6) is 0 Å². The summed E-state index contributed by atoms with van der Waals surface area (Å²) >= 11 is 0. The highest BCUT2D eigenvalue weighted by atomic mass is 16.6. The molecule has 0 radical (unpaired) electrons. The van der Waals surface area contributed by atoms with E-state index in [4.69, 9.17) is 4.74 Å². The summed E-state index contributed by atoms with van der Waals surface area (Å²) in [6, 6.07) is 14.7. The molecule has 7 nitrogen and oxygen atoms in total. The van der Waals surface area contributed by atoms with Gasteiger partial charge in [-0.3, -0.25) is 19.7 Å². The van der Waals surface area contributed by atoms with E-state index in [0.717, 1.165) is 0 Å². The van der Waals surface area contributed by atoms with Crippen LogP contribution in [0.25, 0.3) is 0 Å². The molecular weight excluding hydrogens is 324 g/mol. The Bertz CT molecular complexity index is 836. The van der Waals surface area contributed by atoms with E-state index in [2.05, 4.69) is 5.32 Å². The molecule has 1 saturated carbocycles. The van der Waals surface area contributed by atoms with Crippen molar-refractivity contribution in [2.45, 2.75) is 11.8 Å². The highest BCUT2D eigenvalue weighted by Gasteiger charge is 2.67. The van der Waals surface area contributed by atoms with Crippen molar-refractivity contribution in [2.75, 3.05) is 12.4 Å². The van der Waals surface area contributed by atoms with Crippen LogP contribution >= 0.6 is 0 Å². The first-order valence-corrected chi connectivity index (χ1v) is 7.69. The maximum absolute atomic E-state index is 13.0. The SMILES string of the molecule is COC(=O)[C@@H]1C[C@]1(C(=O)Nc1ccccc1)c1ccccc1[N+](=O)[O-]. The number of nitrogens with zero attached hydrogens (tertiary/aromatic N) is 1. The monoisotopic (exact) mass is 340 g/mol. The van der Waals surface area contributed by atoms with Gasteiger partial charge in [-0.15, -0.1) is 0 Å². The number of benzene rings is 2. The Morgan fingerprint density at radius 2 is 1.80 bits per heavy atom. The predicted molar refractivity (Wildman–Crippen MR) is 90.0 cm³/mol. The molecule has 1 aliphatic rings. The molecule has 0 aliphatic heterocycles. The minimum Gasteiger partial charge on any atom is -0.469 e. The summed E-state index contributed by atoms with van der Waals surface area (Å²) in [4.78, 5) is 35.8. The third-order valence-electron chi connectivity index (χ3n) is 4.46. The molecule has 1 amide bonds. The van der Waals surface area contributed by atoms with Crippen LogP contribution in [-0.4, -0.2) is 23.9 Å². The molecule has 1 fully saturated rings. The van der Waals surface area contributed by atoms with Gasteiger partial charge < -0.3 is 10.1 Å². The third-order valence-corrected chi connectivity index (χ3v) is 4.46. The molecule has 2 aromatic carbocycles. The molecule has 0 bridgehead atoms. The van der Waals surface area contributed by atoms with Gasteiger partial charge in [-0.2, -0.15) is 0 Å². The smallest absolute Gasteiger partial charge is 0.310 e. The van der Waals surface area contributed by atoms with E-state index in [1.807, 2.05) is 6.07 Å². The van der Waals surface area contributed by atoms with Gasteiger partial charge in [-0.25, -0.2) is 0 Å². The number of rotatable bonds is 5. The molecule has 0 unspecified atom stereocenters. The number of methoxy groups -OCH3 is 1. The second-order valence-electron chi connectivity index (χ2n) is 5.85. The first-order valence-electron chi connectivity index (χ1n) is 7.69. The summed E-state index contributed by atoms with van der Waals surface area (Å²) in [5.41, 5.74) is -0.700. The molecule has 2 atom stereocenters. The van der Waals surface area contributed by atoms with Crippen molar-refractivity contribution in [1.29, 1.82) is 0 Å². The van der Waals surface area contributed by atoms with Crippen LogP contribution in [0.4, 0.5) is 11.4 Å². The molecular formula is C18H16N2O5. The van der Waals surface area contributed by atoms with Crippen molar-refractivity contribution in [3.8, 4) is 0 Å². The number of para-hydroxylation sites is 2. The molecule has 2 aromatic rings.